The third-order valence-electron chi connectivity index (χ3n) is 5.76. The monoisotopic (exact) mass is 317 g/mol. The normalized spacial score (nSPS) is 28.2. The number of nitrogens with zero attached hydrogens (tertiary/aromatic N) is 1. The fourth-order valence-electron chi connectivity index (χ4n) is 4.96. The van der Waals surface area contributed by atoms with Crippen molar-refractivity contribution in [3.8, 4) is 5.75 Å². The van der Waals surface area contributed by atoms with E-state index in [-0.39, 0.29) is 11.3 Å². The molecule has 0 spiro atoms. The lowest BCUT2D eigenvalue weighted by Gasteiger charge is -2.56. The lowest BCUT2D eigenvalue weighted by molar-refractivity contribution is -0.107. The van der Waals surface area contributed by atoms with Crippen LogP contribution in [0.3, 0.4) is 0 Å². The number of fused-ring (bicyclic) bond motifs is 1. The molecule has 1 saturated heterocycles. The van der Waals surface area contributed by atoms with E-state index in [4.69, 9.17) is 9.47 Å². The van der Waals surface area contributed by atoms with E-state index in [1.54, 1.807) is 14.2 Å². The Balaban J connectivity index is 1.80. The molecule has 1 aromatic rings. The Morgan fingerprint density at radius 2 is 2.09 bits per heavy atom. The third-order valence-corrected chi connectivity index (χ3v) is 5.76. The maximum absolute atomic E-state index is 12.9. The molecule has 0 N–H and O–H groups in total. The molecule has 23 heavy (non-hydrogen) atoms. The van der Waals surface area contributed by atoms with Gasteiger partial charge in [0.25, 0.3) is 5.91 Å². The maximum atomic E-state index is 12.9. The SMILES string of the molecule is COC[C@@]12CN(C(=O)c3ccc(OC)c(C)c3)C[C@@H]1C(C)(C)C2. The molecule has 1 heterocycles. The van der Waals surface area contributed by atoms with E-state index in [1.807, 2.05) is 30.0 Å². The van der Waals surface area contributed by atoms with Crippen molar-refractivity contribution in [3.63, 3.8) is 0 Å². The smallest absolute Gasteiger partial charge is 0.253 e. The van der Waals surface area contributed by atoms with E-state index in [0.717, 1.165) is 43.0 Å². The van der Waals surface area contributed by atoms with Crippen molar-refractivity contribution >= 4 is 5.91 Å². The highest BCUT2D eigenvalue weighted by atomic mass is 16.5. The molecule has 126 valence electrons. The summed E-state index contributed by atoms with van der Waals surface area (Å²) in [5.74, 6) is 1.47. The number of carbonyl (C=O) groups is 1. The first-order chi connectivity index (χ1) is 10.8. The van der Waals surface area contributed by atoms with E-state index in [9.17, 15) is 4.79 Å². The van der Waals surface area contributed by atoms with Crippen LogP contribution in [0, 0.1) is 23.7 Å². The first kappa shape index (κ1) is 16.3. The molecule has 2 fully saturated rings. The van der Waals surface area contributed by atoms with E-state index >= 15 is 0 Å². The molecule has 1 saturated carbocycles. The highest BCUT2D eigenvalue weighted by Gasteiger charge is 2.63. The standard InChI is InChI=1S/C19H27NO3/c1-13-8-14(6-7-15(13)23-5)17(21)20-9-16-18(2,3)10-19(16,11-20)12-22-4/h6-8,16H,9-12H2,1-5H3/t16-,19-/m1/s1. The Morgan fingerprint density at radius 3 is 2.65 bits per heavy atom. The number of hydrogen-bond acceptors (Lipinski definition) is 3. The fraction of sp³-hybridized carbons (Fsp3) is 0.632. The minimum absolute atomic E-state index is 0.122. The predicted molar refractivity (Wildman–Crippen MR) is 89.8 cm³/mol. The number of amides is 1. The van der Waals surface area contributed by atoms with Gasteiger partial charge in [-0.3, -0.25) is 4.79 Å². The van der Waals surface area contributed by atoms with Crippen LogP contribution in [0.2, 0.25) is 0 Å². The number of methoxy groups -OCH3 is 2. The molecule has 4 nitrogen and oxygen atoms in total. The van der Waals surface area contributed by atoms with Gasteiger partial charge in [0.05, 0.1) is 13.7 Å². The molecule has 1 aliphatic carbocycles. The second-order valence-electron chi connectivity index (χ2n) is 7.88. The second-order valence-corrected chi connectivity index (χ2v) is 7.88. The Bertz CT molecular complexity index is 625. The topological polar surface area (TPSA) is 38.8 Å². The summed E-state index contributed by atoms with van der Waals surface area (Å²) < 4.78 is 10.8. The average Bonchev–Trinajstić information content (AvgIpc) is 2.81. The molecular weight excluding hydrogens is 290 g/mol. The van der Waals surface area contributed by atoms with E-state index < -0.39 is 0 Å². The van der Waals surface area contributed by atoms with Crippen LogP contribution in [-0.4, -0.2) is 44.7 Å². The van der Waals surface area contributed by atoms with Gasteiger partial charge in [-0.2, -0.15) is 0 Å². The number of aryl methyl sites for hydroxylation is 1. The summed E-state index contributed by atoms with van der Waals surface area (Å²) in [6.07, 6.45) is 1.13. The van der Waals surface area contributed by atoms with Crippen molar-refractivity contribution in [2.45, 2.75) is 27.2 Å². The lowest BCUT2D eigenvalue weighted by atomic mass is 9.48. The number of rotatable bonds is 4. The average molecular weight is 317 g/mol. The Kier molecular flexibility index (Phi) is 3.91. The van der Waals surface area contributed by atoms with E-state index in [0.29, 0.717) is 11.3 Å². The fourth-order valence-corrected chi connectivity index (χ4v) is 4.96. The molecular formula is C19H27NO3. The van der Waals surface area contributed by atoms with Crippen LogP contribution in [-0.2, 0) is 4.74 Å². The lowest BCUT2D eigenvalue weighted by Crippen LogP contribution is -2.55. The van der Waals surface area contributed by atoms with Gasteiger partial charge in [-0.05, 0) is 48.4 Å². The number of carbonyl (C=O) groups excluding carboxylic acids is 1. The van der Waals surface area contributed by atoms with E-state index in [2.05, 4.69) is 13.8 Å². The quantitative estimate of drug-likeness (QED) is 0.856. The summed E-state index contributed by atoms with van der Waals surface area (Å²) in [5, 5.41) is 0. The van der Waals surface area contributed by atoms with Crippen molar-refractivity contribution in [3.05, 3.63) is 29.3 Å². The van der Waals surface area contributed by atoms with Crippen LogP contribution in [0.4, 0.5) is 0 Å². The van der Waals surface area contributed by atoms with Crippen LogP contribution in [0.5, 0.6) is 5.75 Å². The molecule has 1 amide bonds. The summed E-state index contributed by atoms with van der Waals surface area (Å²) in [4.78, 5) is 14.9. The maximum Gasteiger partial charge on any atom is 0.253 e. The van der Waals surface area contributed by atoms with Crippen molar-refractivity contribution in [1.82, 2.24) is 4.90 Å². The van der Waals surface area contributed by atoms with Gasteiger partial charge in [0.15, 0.2) is 0 Å². The largest absolute Gasteiger partial charge is 0.496 e. The van der Waals surface area contributed by atoms with Crippen molar-refractivity contribution in [1.29, 1.82) is 0 Å². The first-order valence-corrected chi connectivity index (χ1v) is 8.26. The zero-order chi connectivity index (χ0) is 16.8. The minimum Gasteiger partial charge on any atom is -0.496 e. The summed E-state index contributed by atoms with van der Waals surface area (Å²) in [7, 11) is 3.41. The van der Waals surface area contributed by atoms with Crippen molar-refractivity contribution < 1.29 is 14.3 Å². The van der Waals surface area contributed by atoms with E-state index in [1.165, 1.54) is 0 Å². The molecule has 1 aromatic carbocycles. The number of benzene rings is 1. The van der Waals surface area contributed by atoms with Crippen LogP contribution in [0.1, 0.15) is 36.2 Å². The zero-order valence-electron chi connectivity index (χ0n) is 14.8. The second kappa shape index (κ2) is 5.52. The summed E-state index contributed by atoms with van der Waals surface area (Å²) in [6, 6.07) is 5.67. The molecule has 2 aliphatic rings. The van der Waals surface area contributed by atoms with Crippen molar-refractivity contribution in [2.75, 3.05) is 33.9 Å². The van der Waals surface area contributed by atoms with Gasteiger partial charge >= 0.3 is 0 Å². The highest BCUT2D eigenvalue weighted by molar-refractivity contribution is 5.95. The number of likely N-dealkylation sites (tertiary alicyclic amines) is 1. The summed E-state index contributed by atoms with van der Waals surface area (Å²) in [5.41, 5.74) is 2.18. The highest BCUT2D eigenvalue weighted by Crippen LogP contribution is 2.62. The van der Waals surface area contributed by atoms with Gasteiger partial charge in [-0.15, -0.1) is 0 Å². The Labute approximate surface area is 138 Å². The van der Waals surface area contributed by atoms with Gasteiger partial charge < -0.3 is 14.4 Å². The molecule has 0 radical (unpaired) electrons. The molecule has 2 atom stereocenters. The number of hydrogen-bond donors (Lipinski definition) is 0. The predicted octanol–water partition coefficient (Wildman–Crippen LogP) is 3.14. The van der Waals surface area contributed by atoms with Gasteiger partial charge in [-0.1, -0.05) is 13.8 Å². The van der Waals surface area contributed by atoms with Gasteiger partial charge in [0.1, 0.15) is 5.75 Å². The minimum atomic E-state index is 0.122. The molecule has 0 aromatic heterocycles. The third kappa shape index (κ3) is 2.53. The summed E-state index contributed by atoms with van der Waals surface area (Å²) in [6.45, 7) is 8.96. The Morgan fingerprint density at radius 1 is 1.35 bits per heavy atom. The summed E-state index contributed by atoms with van der Waals surface area (Å²) >= 11 is 0. The van der Waals surface area contributed by atoms with Crippen molar-refractivity contribution in [2.24, 2.45) is 16.7 Å². The molecule has 0 unspecified atom stereocenters. The molecule has 4 heteroatoms. The van der Waals surface area contributed by atoms with Gasteiger partial charge in [0, 0.05) is 31.2 Å². The van der Waals surface area contributed by atoms with Gasteiger partial charge in [0.2, 0.25) is 0 Å². The van der Waals surface area contributed by atoms with Gasteiger partial charge in [-0.25, -0.2) is 0 Å². The van der Waals surface area contributed by atoms with Crippen LogP contribution >= 0.6 is 0 Å². The Hall–Kier alpha value is -1.55. The van der Waals surface area contributed by atoms with Crippen LogP contribution in [0.15, 0.2) is 18.2 Å². The zero-order valence-corrected chi connectivity index (χ0v) is 14.8. The van der Waals surface area contributed by atoms with Crippen LogP contribution in [0.25, 0.3) is 0 Å². The number of ether oxygens (including phenoxy) is 2. The van der Waals surface area contributed by atoms with Crippen LogP contribution < -0.4 is 4.74 Å². The molecule has 3 rings (SSSR count). The molecule has 1 aliphatic heterocycles. The first-order valence-electron chi connectivity index (χ1n) is 8.26. The molecule has 0 bridgehead atoms.